The topological polar surface area (TPSA) is 95.6 Å². The number of aliphatic hydroxyl groups excluding tert-OH is 1. The van der Waals surface area contributed by atoms with Crippen LogP contribution in [0.25, 0.3) is 0 Å². The van der Waals surface area contributed by atoms with E-state index in [4.69, 9.17) is 0 Å². The van der Waals surface area contributed by atoms with Crippen molar-refractivity contribution in [3.63, 3.8) is 0 Å². The highest BCUT2D eigenvalue weighted by atomic mass is 16.6. The van der Waals surface area contributed by atoms with Crippen molar-refractivity contribution in [3.05, 3.63) is 33.9 Å². The Labute approximate surface area is 124 Å². The van der Waals surface area contributed by atoms with Crippen LogP contribution in [0, 0.1) is 15.5 Å². The Morgan fingerprint density at radius 2 is 2.24 bits per heavy atom. The quantitative estimate of drug-likeness (QED) is 0.572. The molecule has 1 aliphatic rings. The van der Waals surface area contributed by atoms with Gasteiger partial charge in [0.1, 0.15) is 5.75 Å². The molecule has 0 heterocycles. The number of hydrogen-bond donors (Lipinski definition) is 3. The van der Waals surface area contributed by atoms with Crippen LogP contribution in [0.2, 0.25) is 0 Å². The van der Waals surface area contributed by atoms with Gasteiger partial charge in [-0.2, -0.15) is 0 Å². The second-order valence-corrected chi connectivity index (χ2v) is 6.09. The smallest absolute Gasteiger partial charge is 0.270 e. The lowest BCUT2D eigenvalue weighted by atomic mass is 9.73. The molecule has 1 saturated carbocycles. The van der Waals surface area contributed by atoms with Crippen LogP contribution in [0.4, 0.5) is 5.69 Å². The normalized spacial score (nSPS) is 25.7. The van der Waals surface area contributed by atoms with Crippen LogP contribution in [0.3, 0.4) is 0 Å². The molecule has 0 spiro atoms. The molecule has 0 aliphatic heterocycles. The van der Waals surface area contributed by atoms with E-state index >= 15 is 0 Å². The molecule has 0 aromatic heterocycles. The molecule has 1 aromatic rings. The molecular weight excluding hydrogens is 272 g/mol. The standard InChI is InChI=1S/C15H22N2O4/c1-15(7-3-2-4-14(15)19)10-16-9-11-8-12(17(20)21)5-6-13(11)18/h5-6,8,14,16,18-19H,2-4,7,9-10H2,1H3. The van der Waals surface area contributed by atoms with Gasteiger partial charge >= 0.3 is 0 Å². The second-order valence-electron chi connectivity index (χ2n) is 6.09. The van der Waals surface area contributed by atoms with Gasteiger partial charge in [-0.25, -0.2) is 0 Å². The molecule has 1 fully saturated rings. The lowest BCUT2D eigenvalue weighted by Gasteiger charge is -2.38. The fourth-order valence-corrected chi connectivity index (χ4v) is 2.90. The zero-order valence-electron chi connectivity index (χ0n) is 12.2. The highest BCUT2D eigenvalue weighted by Gasteiger charge is 2.34. The minimum atomic E-state index is -0.477. The van der Waals surface area contributed by atoms with E-state index in [1.807, 2.05) is 0 Å². The summed E-state index contributed by atoms with van der Waals surface area (Å²) in [6.07, 6.45) is 3.62. The molecule has 0 amide bonds. The van der Waals surface area contributed by atoms with E-state index in [1.165, 1.54) is 18.2 Å². The number of phenolic OH excluding ortho intramolecular Hbond substituents is 1. The Hall–Kier alpha value is -1.66. The molecule has 6 heteroatoms. The fraction of sp³-hybridized carbons (Fsp3) is 0.600. The van der Waals surface area contributed by atoms with Crippen molar-refractivity contribution in [2.45, 2.75) is 45.3 Å². The van der Waals surface area contributed by atoms with E-state index in [1.54, 1.807) is 0 Å². The Morgan fingerprint density at radius 1 is 1.48 bits per heavy atom. The number of aliphatic hydroxyl groups is 1. The molecule has 116 valence electrons. The molecule has 0 radical (unpaired) electrons. The zero-order valence-corrected chi connectivity index (χ0v) is 12.2. The largest absolute Gasteiger partial charge is 0.508 e. The van der Waals surface area contributed by atoms with Crippen LogP contribution in [0.5, 0.6) is 5.75 Å². The van der Waals surface area contributed by atoms with Gasteiger partial charge in [0.2, 0.25) is 0 Å². The Bertz CT molecular complexity index is 520. The third kappa shape index (κ3) is 3.71. The van der Waals surface area contributed by atoms with E-state index in [9.17, 15) is 20.3 Å². The summed E-state index contributed by atoms with van der Waals surface area (Å²) in [6, 6.07) is 4.00. The summed E-state index contributed by atoms with van der Waals surface area (Å²) in [5.41, 5.74) is 0.292. The molecular formula is C15H22N2O4. The third-order valence-electron chi connectivity index (χ3n) is 4.40. The first-order valence-corrected chi connectivity index (χ1v) is 7.27. The lowest BCUT2D eigenvalue weighted by molar-refractivity contribution is -0.384. The SMILES string of the molecule is CC1(CNCc2cc([N+](=O)[O-])ccc2O)CCCCC1O. The second kappa shape index (κ2) is 6.41. The van der Waals surface area contributed by atoms with Crippen molar-refractivity contribution >= 4 is 5.69 Å². The minimum Gasteiger partial charge on any atom is -0.508 e. The monoisotopic (exact) mass is 294 g/mol. The van der Waals surface area contributed by atoms with Crippen molar-refractivity contribution < 1.29 is 15.1 Å². The van der Waals surface area contributed by atoms with Crippen LogP contribution in [-0.2, 0) is 6.54 Å². The van der Waals surface area contributed by atoms with E-state index in [-0.39, 0.29) is 23.0 Å². The van der Waals surface area contributed by atoms with Gasteiger partial charge in [-0.3, -0.25) is 10.1 Å². The maximum absolute atomic E-state index is 10.8. The Kier molecular flexibility index (Phi) is 4.80. The third-order valence-corrected chi connectivity index (χ3v) is 4.40. The molecule has 2 rings (SSSR count). The Balaban J connectivity index is 1.97. The number of non-ortho nitro benzene ring substituents is 1. The van der Waals surface area contributed by atoms with Crippen molar-refractivity contribution in [1.29, 1.82) is 0 Å². The van der Waals surface area contributed by atoms with Gasteiger partial charge in [-0.05, 0) is 18.9 Å². The number of nitro benzene ring substituents is 1. The van der Waals surface area contributed by atoms with E-state index in [2.05, 4.69) is 12.2 Å². The molecule has 21 heavy (non-hydrogen) atoms. The highest BCUT2D eigenvalue weighted by molar-refractivity contribution is 5.42. The predicted octanol–water partition coefficient (Wildman–Crippen LogP) is 2.33. The maximum atomic E-state index is 10.8. The highest BCUT2D eigenvalue weighted by Crippen LogP contribution is 2.35. The van der Waals surface area contributed by atoms with Crippen LogP contribution < -0.4 is 5.32 Å². The van der Waals surface area contributed by atoms with Gasteiger partial charge in [0.15, 0.2) is 0 Å². The average Bonchev–Trinajstić information content (AvgIpc) is 2.44. The van der Waals surface area contributed by atoms with Gasteiger partial charge < -0.3 is 15.5 Å². The number of aromatic hydroxyl groups is 1. The summed E-state index contributed by atoms with van der Waals surface area (Å²) >= 11 is 0. The van der Waals surface area contributed by atoms with E-state index < -0.39 is 4.92 Å². The number of nitrogens with one attached hydrogen (secondary N) is 1. The van der Waals surface area contributed by atoms with Crippen LogP contribution >= 0.6 is 0 Å². The van der Waals surface area contributed by atoms with E-state index in [0.717, 1.165) is 25.7 Å². The lowest BCUT2D eigenvalue weighted by Crippen LogP contribution is -2.43. The molecule has 1 aromatic carbocycles. The molecule has 1 aliphatic carbocycles. The summed E-state index contributed by atoms with van der Waals surface area (Å²) < 4.78 is 0. The summed E-state index contributed by atoms with van der Waals surface area (Å²) in [5.74, 6) is 0.0439. The fourth-order valence-electron chi connectivity index (χ4n) is 2.90. The van der Waals surface area contributed by atoms with E-state index in [0.29, 0.717) is 18.7 Å². The molecule has 0 saturated heterocycles. The van der Waals surface area contributed by atoms with Crippen LogP contribution in [0.15, 0.2) is 18.2 Å². The number of rotatable bonds is 5. The molecule has 2 unspecified atom stereocenters. The van der Waals surface area contributed by atoms with Crippen molar-refractivity contribution in [1.82, 2.24) is 5.32 Å². The first-order valence-electron chi connectivity index (χ1n) is 7.27. The number of hydrogen-bond acceptors (Lipinski definition) is 5. The van der Waals surface area contributed by atoms with Gasteiger partial charge in [-0.15, -0.1) is 0 Å². The average molecular weight is 294 g/mol. The molecule has 3 N–H and O–H groups in total. The van der Waals surface area contributed by atoms with Crippen molar-refractivity contribution in [2.75, 3.05) is 6.54 Å². The number of nitrogens with zero attached hydrogens (tertiary/aromatic N) is 1. The minimum absolute atomic E-state index is 0.0338. The number of phenols is 1. The number of benzene rings is 1. The van der Waals surface area contributed by atoms with Crippen molar-refractivity contribution in [3.8, 4) is 5.75 Å². The molecule has 2 atom stereocenters. The molecule has 0 bridgehead atoms. The summed E-state index contributed by atoms with van der Waals surface area (Å²) in [4.78, 5) is 10.3. The summed E-state index contributed by atoms with van der Waals surface area (Å²) in [7, 11) is 0. The van der Waals surface area contributed by atoms with Gasteiger partial charge in [0.25, 0.3) is 5.69 Å². The first kappa shape index (κ1) is 15.7. The Morgan fingerprint density at radius 3 is 2.90 bits per heavy atom. The van der Waals surface area contributed by atoms with Crippen molar-refractivity contribution in [2.24, 2.45) is 5.41 Å². The van der Waals surface area contributed by atoms with Gasteiger partial charge in [0, 0.05) is 36.2 Å². The number of nitro groups is 1. The molecule has 6 nitrogen and oxygen atoms in total. The van der Waals surface area contributed by atoms with Crippen LogP contribution in [-0.4, -0.2) is 27.8 Å². The van der Waals surface area contributed by atoms with Gasteiger partial charge in [-0.1, -0.05) is 19.8 Å². The first-order chi connectivity index (χ1) is 9.92. The van der Waals surface area contributed by atoms with Gasteiger partial charge in [0.05, 0.1) is 11.0 Å². The van der Waals surface area contributed by atoms with Crippen LogP contribution in [0.1, 0.15) is 38.2 Å². The maximum Gasteiger partial charge on any atom is 0.270 e. The zero-order chi connectivity index (χ0) is 15.5. The summed E-state index contributed by atoms with van der Waals surface area (Å²) in [5, 5.41) is 33.8. The summed E-state index contributed by atoms with van der Waals surface area (Å²) in [6.45, 7) is 3.02. The predicted molar refractivity (Wildman–Crippen MR) is 79.0 cm³/mol.